The summed E-state index contributed by atoms with van der Waals surface area (Å²) < 4.78 is 71.7. The summed E-state index contributed by atoms with van der Waals surface area (Å²) in [5, 5.41) is -0.0936. The van der Waals surface area contributed by atoms with Crippen LogP contribution < -0.4 is 19.8 Å². The Hall–Kier alpha value is -4.34. The molecule has 6 nitrogen and oxygen atoms in total. The number of fused-ring (bicyclic) bond motifs is 2. The Balaban J connectivity index is 1.73. The Morgan fingerprint density at radius 3 is 2.51 bits per heavy atom. The van der Waals surface area contributed by atoms with Crippen molar-refractivity contribution < 1.29 is 36.2 Å². The van der Waals surface area contributed by atoms with Crippen LogP contribution in [0.5, 0.6) is 11.5 Å². The first-order valence-electron chi connectivity index (χ1n) is 12.2. The fourth-order valence-corrected chi connectivity index (χ4v) is 4.66. The summed E-state index contributed by atoms with van der Waals surface area (Å²) in [5.74, 6) is -1.08. The Kier molecular flexibility index (Phi) is 6.80. The molecule has 1 atom stereocenters. The number of carbonyl (C=O) groups excluding carboxylic acids is 1. The number of hydrogen-bond donors (Lipinski definition) is 0. The zero-order valence-corrected chi connectivity index (χ0v) is 21.0. The number of carbonyl (C=O) groups is 1. The van der Waals surface area contributed by atoms with E-state index in [4.69, 9.17) is 13.9 Å². The minimum atomic E-state index is -4.66. The molecule has 2 heterocycles. The quantitative estimate of drug-likeness (QED) is 0.188. The SMILES string of the molecule is CCCCOc1ccc(C2c3c(oc4ccc(F)cc4c3=O)C(=O)N2c2cccc(C(F)(F)F)c2)cc1OC. The van der Waals surface area contributed by atoms with Crippen molar-refractivity contribution in [3.8, 4) is 11.5 Å². The lowest BCUT2D eigenvalue weighted by molar-refractivity contribution is -0.137. The highest BCUT2D eigenvalue weighted by Crippen LogP contribution is 2.44. The third kappa shape index (κ3) is 4.71. The molecule has 0 radical (unpaired) electrons. The van der Waals surface area contributed by atoms with Crippen molar-refractivity contribution in [2.24, 2.45) is 0 Å². The number of nitrogens with zero attached hydrogens (tertiary/aromatic N) is 1. The third-order valence-electron chi connectivity index (χ3n) is 6.54. The van der Waals surface area contributed by atoms with E-state index in [1.165, 1.54) is 25.3 Å². The second kappa shape index (κ2) is 10.1. The highest BCUT2D eigenvalue weighted by molar-refractivity contribution is 6.10. The molecule has 39 heavy (non-hydrogen) atoms. The van der Waals surface area contributed by atoms with Crippen molar-refractivity contribution in [1.82, 2.24) is 0 Å². The van der Waals surface area contributed by atoms with Gasteiger partial charge in [0.25, 0.3) is 5.91 Å². The van der Waals surface area contributed by atoms with Gasteiger partial charge in [-0.3, -0.25) is 14.5 Å². The Labute approximate surface area is 220 Å². The van der Waals surface area contributed by atoms with Gasteiger partial charge in [0.05, 0.1) is 36.3 Å². The minimum absolute atomic E-state index is 0.0182. The van der Waals surface area contributed by atoms with Crippen molar-refractivity contribution >= 4 is 22.6 Å². The molecule has 1 unspecified atom stereocenters. The molecule has 1 aliphatic heterocycles. The Morgan fingerprint density at radius 2 is 1.79 bits per heavy atom. The van der Waals surface area contributed by atoms with E-state index in [0.717, 1.165) is 42.0 Å². The summed E-state index contributed by atoms with van der Waals surface area (Å²) in [6.07, 6.45) is -2.94. The molecule has 0 saturated carbocycles. The molecule has 0 saturated heterocycles. The second-order valence-corrected chi connectivity index (χ2v) is 9.05. The van der Waals surface area contributed by atoms with Crippen LogP contribution in [0.15, 0.2) is 69.9 Å². The number of amides is 1. The maximum atomic E-state index is 14.0. The van der Waals surface area contributed by atoms with Gasteiger partial charge in [-0.2, -0.15) is 13.2 Å². The van der Waals surface area contributed by atoms with Crippen LogP contribution in [0.2, 0.25) is 0 Å². The van der Waals surface area contributed by atoms with Crippen LogP contribution in [0.1, 0.15) is 53.1 Å². The van der Waals surface area contributed by atoms with E-state index in [2.05, 4.69) is 0 Å². The summed E-state index contributed by atoms with van der Waals surface area (Å²) >= 11 is 0. The standard InChI is InChI=1S/C29H23F4NO5/c1-3-4-12-38-22-10-8-16(13-23(22)37-2)25-24-26(35)20-15-18(30)9-11-21(20)39-27(24)28(36)34(25)19-7-5-6-17(14-19)29(31,32)33/h5-11,13-15,25H,3-4,12H2,1-2H3. The molecule has 0 fully saturated rings. The number of benzene rings is 3. The lowest BCUT2D eigenvalue weighted by Gasteiger charge is -2.26. The van der Waals surface area contributed by atoms with Crippen molar-refractivity contribution in [3.63, 3.8) is 0 Å². The summed E-state index contributed by atoms with van der Waals surface area (Å²) in [7, 11) is 1.43. The zero-order valence-electron chi connectivity index (χ0n) is 21.0. The Morgan fingerprint density at radius 1 is 1.00 bits per heavy atom. The van der Waals surface area contributed by atoms with Gasteiger partial charge in [-0.05, 0) is 60.5 Å². The number of ether oxygens (including phenoxy) is 2. The molecule has 5 rings (SSSR count). The molecule has 10 heteroatoms. The maximum absolute atomic E-state index is 14.0. The molecule has 0 spiro atoms. The van der Waals surface area contributed by atoms with E-state index in [1.807, 2.05) is 6.92 Å². The molecule has 1 aliphatic rings. The van der Waals surface area contributed by atoms with Crippen LogP contribution in [-0.2, 0) is 6.18 Å². The van der Waals surface area contributed by atoms with Gasteiger partial charge in [-0.15, -0.1) is 0 Å². The van der Waals surface area contributed by atoms with Gasteiger partial charge in [-0.1, -0.05) is 25.5 Å². The lowest BCUT2D eigenvalue weighted by atomic mass is 9.97. The smallest absolute Gasteiger partial charge is 0.416 e. The van der Waals surface area contributed by atoms with Gasteiger partial charge in [0.1, 0.15) is 11.4 Å². The molecule has 4 aromatic rings. The van der Waals surface area contributed by atoms with Crippen molar-refractivity contribution in [2.75, 3.05) is 18.6 Å². The first-order valence-corrected chi connectivity index (χ1v) is 12.2. The molecule has 1 aromatic heterocycles. The lowest BCUT2D eigenvalue weighted by Crippen LogP contribution is -2.29. The molecular weight excluding hydrogens is 518 g/mol. The van der Waals surface area contributed by atoms with Gasteiger partial charge >= 0.3 is 6.18 Å². The number of alkyl halides is 3. The van der Waals surface area contributed by atoms with Crippen molar-refractivity contribution in [1.29, 1.82) is 0 Å². The van der Waals surface area contributed by atoms with Gasteiger partial charge in [-0.25, -0.2) is 4.39 Å². The zero-order chi connectivity index (χ0) is 27.9. The van der Waals surface area contributed by atoms with E-state index < -0.39 is 34.9 Å². The molecule has 3 aromatic carbocycles. The van der Waals surface area contributed by atoms with E-state index in [9.17, 15) is 27.2 Å². The van der Waals surface area contributed by atoms with Crippen LogP contribution in [-0.4, -0.2) is 19.6 Å². The van der Waals surface area contributed by atoms with E-state index >= 15 is 0 Å². The fraction of sp³-hybridized carbons (Fsp3) is 0.241. The predicted octanol–water partition coefficient (Wildman–Crippen LogP) is 6.89. The normalized spacial score (nSPS) is 15.1. The molecule has 0 aliphatic carbocycles. The predicted molar refractivity (Wildman–Crippen MR) is 136 cm³/mol. The van der Waals surface area contributed by atoms with Gasteiger partial charge in [0.2, 0.25) is 5.76 Å². The van der Waals surface area contributed by atoms with Crippen LogP contribution in [0.3, 0.4) is 0 Å². The summed E-state index contributed by atoms with van der Waals surface area (Å²) in [6.45, 7) is 2.45. The fourth-order valence-electron chi connectivity index (χ4n) is 4.66. The summed E-state index contributed by atoms with van der Waals surface area (Å²) in [5.41, 5.74) is -1.50. The molecule has 0 N–H and O–H groups in total. The minimum Gasteiger partial charge on any atom is -0.493 e. The number of methoxy groups -OCH3 is 1. The van der Waals surface area contributed by atoms with E-state index in [1.54, 1.807) is 18.2 Å². The van der Waals surface area contributed by atoms with Crippen LogP contribution >= 0.6 is 0 Å². The third-order valence-corrected chi connectivity index (χ3v) is 6.54. The van der Waals surface area contributed by atoms with Gasteiger partial charge in [0.15, 0.2) is 16.9 Å². The largest absolute Gasteiger partial charge is 0.493 e. The van der Waals surface area contributed by atoms with Crippen molar-refractivity contribution in [3.05, 3.63) is 99.2 Å². The number of halogens is 4. The van der Waals surface area contributed by atoms with Crippen LogP contribution in [0.25, 0.3) is 11.0 Å². The number of anilines is 1. The Bertz CT molecular complexity index is 1630. The monoisotopic (exact) mass is 541 g/mol. The number of unbranched alkanes of at least 4 members (excludes halogenated alkanes) is 1. The van der Waals surface area contributed by atoms with E-state index in [-0.39, 0.29) is 28.0 Å². The summed E-state index contributed by atoms with van der Waals surface area (Å²) in [4.78, 5) is 28.4. The molecule has 202 valence electrons. The van der Waals surface area contributed by atoms with Gasteiger partial charge in [0, 0.05) is 5.69 Å². The first kappa shape index (κ1) is 26.3. The molecule has 0 bridgehead atoms. The van der Waals surface area contributed by atoms with Crippen LogP contribution in [0.4, 0.5) is 23.2 Å². The maximum Gasteiger partial charge on any atom is 0.416 e. The van der Waals surface area contributed by atoms with Crippen molar-refractivity contribution in [2.45, 2.75) is 32.0 Å². The summed E-state index contributed by atoms with van der Waals surface area (Å²) in [6, 6.07) is 11.1. The molecular formula is C29H23F4NO5. The topological polar surface area (TPSA) is 69.0 Å². The average molecular weight is 541 g/mol. The van der Waals surface area contributed by atoms with Gasteiger partial charge < -0.3 is 13.9 Å². The van der Waals surface area contributed by atoms with E-state index in [0.29, 0.717) is 23.7 Å². The molecule has 1 amide bonds. The second-order valence-electron chi connectivity index (χ2n) is 9.05. The first-order chi connectivity index (χ1) is 18.6. The number of hydrogen-bond acceptors (Lipinski definition) is 5. The average Bonchev–Trinajstić information content (AvgIpc) is 3.21. The highest BCUT2D eigenvalue weighted by Gasteiger charge is 2.44. The van der Waals surface area contributed by atoms with Crippen LogP contribution in [0, 0.1) is 5.82 Å². The highest BCUT2D eigenvalue weighted by atomic mass is 19.4. The number of rotatable bonds is 7.